The van der Waals surface area contributed by atoms with E-state index in [4.69, 9.17) is 14.5 Å². The van der Waals surface area contributed by atoms with Crippen LogP contribution < -0.4 is 10.1 Å². The number of aromatic nitrogens is 1. The smallest absolute Gasteiger partial charge is 0.302 e. The molecule has 1 aliphatic rings. The summed E-state index contributed by atoms with van der Waals surface area (Å²) in [6.07, 6.45) is 4.50. The van der Waals surface area contributed by atoms with Crippen LogP contribution in [0.4, 0.5) is 10.8 Å². The van der Waals surface area contributed by atoms with Gasteiger partial charge in [-0.3, -0.25) is 4.79 Å². The third-order valence-corrected chi connectivity index (χ3v) is 7.05. The Morgan fingerprint density at radius 3 is 2.56 bits per heavy atom. The monoisotopic (exact) mass is 450 g/mol. The van der Waals surface area contributed by atoms with E-state index < -0.39 is 0 Å². The molecule has 1 N–H and O–H groups in total. The van der Waals surface area contributed by atoms with Gasteiger partial charge < -0.3 is 14.8 Å². The Morgan fingerprint density at radius 1 is 1.12 bits per heavy atom. The van der Waals surface area contributed by atoms with E-state index >= 15 is 0 Å². The molecule has 1 unspecified atom stereocenters. The molecule has 4 rings (SSSR count). The molecule has 5 nitrogen and oxygen atoms in total. The molecule has 1 aliphatic carbocycles. The fourth-order valence-corrected chi connectivity index (χ4v) is 5.23. The molecule has 1 fully saturated rings. The number of hydrogen-bond acceptors (Lipinski definition) is 6. The van der Waals surface area contributed by atoms with Crippen molar-refractivity contribution < 1.29 is 14.3 Å². The van der Waals surface area contributed by atoms with Crippen molar-refractivity contribution in [2.24, 2.45) is 5.92 Å². The fraction of sp³-hybridized carbons (Fsp3) is 0.385. The van der Waals surface area contributed by atoms with Crippen LogP contribution >= 0.6 is 11.3 Å². The van der Waals surface area contributed by atoms with Crippen LogP contribution in [-0.2, 0) is 9.53 Å². The first-order valence-corrected chi connectivity index (χ1v) is 12.0. The maximum absolute atomic E-state index is 11.2. The van der Waals surface area contributed by atoms with Gasteiger partial charge in [0.05, 0.1) is 12.8 Å². The number of methoxy groups -OCH3 is 1. The molecule has 0 saturated heterocycles. The molecule has 1 atom stereocenters. The summed E-state index contributed by atoms with van der Waals surface area (Å²) in [6, 6.07) is 16.7. The molecule has 6 heteroatoms. The van der Waals surface area contributed by atoms with Gasteiger partial charge in [-0.15, -0.1) is 11.3 Å². The summed E-state index contributed by atoms with van der Waals surface area (Å²) in [6.45, 7) is 3.51. The lowest BCUT2D eigenvalue weighted by Gasteiger charge is -2.32. The molecule has 1 saturated carbocycles. The number of nitrogens with one attached hydrogen (secondary N) is 1. The summed E-state index contributed by atoms with van der Waals surface area (Å²) < 4.78 is 10.7. The van der Waals surface area contributed by atoms with Crippen LogP contribution in [0, 0.1) is 5.92 Å². The second kappa shape index (κ2) is 10.2. The van der Waals surface area contributed by atoms with Crippen molar-refractivity contribution in [1.29, 1.82) is 0 Å². The highest BCUT2D eigenvalue weighted by Crippen LogP contribution is 2.38. The van der Waals surface area contributed by atoms with Crippen molar-refractivity contribution in [3.63, 3.8) is 0 Å². The molecule has 0 radical (unpaired) electrons. The van der Waals surface area contributed by atoms with Crippen LogP contribution in [0.5, 0.6) is 5.75 Å². The molecule has 0 amide bonds. The van der Waals surface area contributed by atoms with Gasteiger partial charge in [0, 0.05) is 29.6 Å². The zero-order valence-corrected chi connectivity index (χ0v) is 19.7. The lowest BCUT2D eigenvalue weighted by atomic mass is 9.77. The number of carbonyl (C=O) groups is 1. The SMILES string of the molecule is COc1cccc(Nc2nc(-c3ccc(C4CCC(C(C)OC(C)=O)CC4)cc3)cs2)c1. The summed E-state index contributed by atoms with van der Waals surface area (Å²) in [5.41, 5.74) is 4.45. The second-order valence-corrected chi connectivity index (χ2v) is 9.30. The van der Waals surface area contributed by atoms with Gasteiger partial charge in [-0.05, 0) is 62.1 Å². The zero-order valence-electron chi connectivity index (χ0n) is 18.8. The van der Waals surface area contributed by atoms with Gasteiger partial charge in [-0.1, -0.05) is 30.3 Å². The summed E-state index contributed by atoms with van der Waals surface area (Å²) >= 11 is 1.59. The third kappa shape index (κ3) is 5.49. The Labute approximate surface area is 193 Å². The van der Waals surface area contributed by atoms with E-state index in [1.54, 1.807) is 18.4 Å². The summed E-state index contributed by atoms with van der Waals surface area (Å²) in [4.78, 5) is 16.0. The quantitative estimate of drug-likeness (QED) is 0.402. The van der Waals surface area contributed by atoms with Crippen LogP contribution in [0.25, 0.3) is 11.3 Å². The van der Waals surface area contributed by atoms with E-state index in [0.717, 1.165) is 53.5 Å². The Kier molecular flexibility index (Phi) is 7.10. The van der Waals surface area contributed by atoms with E-state index in [9.17, 15) is 4.79 Å². The number of ether oxygens (including phenoxy) is 2. The van der Waals surface area contributed by atoms with Crippen molar-refractivity contribution >= 4 is 28.1 Å². The number of carbonyl (C=O) groups excluding carboxylic acids is 1. The fourth-order valence-electron chi connectivity index (χ4n) is 4.49. The van der Waals surface area contributed by atoms with Crippen molar-refractivity contribution in [2.45, 2.75) is 51.6 Å². The topological polar surface area (TPSA) is 60.4 Å². The van der Waals surface area contributed by atoms with Crippen LogP contribution in [-0.4, -0.2) is 24.2 Å². The number of benzene rings is 2. The summed E-state index contributed by atoms with van der Waals surface area (Å²) in [5, 5.41) is 6.29. The van der Waals surface area contributed by atoms with Gasteiger partial charge in [0.1, 0.15) is 11.9 Å². The lowest BCUT2D eigenvalue weighted by molar-refractivity contribution is -0.148. The Balaban J connectivity index is 1.36. The number of rotatable bonds is 7. The molecule has 0 bridgehead atoms. The van der Waals surface area contributed by atoms with Crippen LogP contribution in [0.3, 0.4) is 0 Å². The summed E-state index contributed by atoms with van der Waals surface area (Å²) in [7, 11) is 1.67. The second-order valence-electron chi connectivity index (χ2n) is 8.44. The minimum Gasteiger partial charge on any atom is -0.497 e. The third-order valence-electron chi connectivity index (χ3n) is 6.29. The molecule has 2 aromatic carbocycles. The molecule has 32 heavy (non-hydrogen) atoms. The highest BCUT2D eigenvalue weighted by atomic mass is 32.1. The van der Waals surface area contributed by atoms with E-state index in [0.29, 0.717) is 11.8 Å². The average molecular weight is 451 g/mol. The number of thiazole rings is 1. The van der Waals surface area contributed by atoms with E-state index in [1.165, 1.54) is 12.5 Å². The zero-order chi connectivity index (χ0) is 22.5. The normalized spacial score (nSPS) is 19.2. The molecule has 0 spiro atoms. The highest BCUT2D eigenvalue weighted by molar-refractivity contribution is 7.14. The molecule has 1 aromatic heterocycles. The number of anilines is 2. The highest BCUT2D eigenvalue weighted by Gasteiger charge is 2.27. The van der Waals surface area contributed by atoms with Crippen molar-refractivity contribution in [3.8, 4) is 17.0 Å². The standard InChI is InChI=1S/C26H30N2O3S/c1-17(31-18(2)29)19-7-9-20(10-8-19)21-11-13-22(14-12-21)25-16-32-26(28-25)27-23-5-4-6-24(15-23)30-3/h4-6,11-17,19-20H,7-10H2,1-3H3,(H,27,28). The number of esters is 1. The van der Waals surface area contributed by atoms with Crippen molar-refractivity contribution in [2.75, 3.05) is 12.4 Å². The van der Waals surface area contributed by atoms with Crippen LogP contribution in [0.15, 0.2) is 53.9 Å². The Bertz CT molecular complexity index is 1040. The van der Waals surface area contributed by atoms with Crippen molar-refractivity contribution in [3.05, 3.63) is 59.5 Å². The maximum atomic E-state index is 11.2. The van der Waals surface area contributed by atoms with Crippen LogP contribution in [0.1, 0.15) is 51.0 Å². The predicted octanol–water partition coefficient (Wildman–Crippen LogP) is 6.79. The maximum Gasteiger partial charge on any atom is 0.302 e. The van der Waals surface area contributed by atoms with Gasteiger partial charge in [0.15, 0.2) is 5.13 Å². The van der Waals surface area contributed by atoms with Crippen molar-refractivity contribution in [1.82, 2.24) is 4.98 Å². The van der Waals surface area contributed by atoms with E-state index in [1.807, 2.05) is 31.2 Å². The lowest BCUT2D eigenvalue weighted by Crippen LogP contribution is -2.26. The van der Waals surface area contributed by atoms with Gasteiger partial charge in [0.2, 0.25) is 0 Å². The van der Waals surface area contributed by atoms with Gasteiger partial charge in [0.25, 0.3) is 0 Å². The Hall–Kier alpha value is -2.86. The largest absolute Gasteiger partial charge is 0.497 e. The first-order chi connectivity index (χ1) is 15.5. The first-order valence-electron chi connectivity index (χ1n) is 11.2. The molecule has 0 aliphatic heterocycles. The predicted molar refractivity (Wildman–Crippen MR) is 130 cm³/mol. The first kappa shape index (κ1) is 22.3. The average Bonchev–Trinajstić information content (AvgIpc) is 3.27. The summed E-state index contributed by atoms with van der Waals surface area (Å²) in [5.74, 6) is 1.68. The molecular formula is C26H30N2O3S. The van der Waals surface area contributed by atoms with E-state index in [-0.39, 0.29) is 12.1 Å². The molecule has 168 valence electrons. The van der Waals surface area contributed by atoms with E-state index in [2.05, 4.69) is 35.0 Å². The number of nitrogens with zero attached hydrogens (tertiary/aromatic N) is 1. The minimum atomic E-state index is -0.181. The van der Waals surface area contributed by atoms with Gasteiger partial charge >= 0.3 is 5.97 Å². The number of hydrogen-bond donors (Lipinski definition) is 1. The van der Waals surface area contributed by atoms with Gasteiger partial charge in [-0.25, -0.2) is 4.98 Å². The van der Waals surface area contributed by atoms with Gasteiger partial charge in [-0.2, -0.15) is 0 Å². The molecule has 3 aromatic rings. The molecule has 1 heterocycles. The van der Waals surface area contributed by atoms with Crippen LogP contribution in [0.2, 0.25) is 0 Å². The molecular weight excluding hydrogens is 420 g/mol. The Morgan fingerprint density at radius 2 is 1.88 bits per heavy atom. The minimum absolute atomic E-state index is 0.0141.